The molecule has 6 nitrogen and oxygen atoms in total. The summed E-state index contributed by atoms with van der Waals surface area (Å²) in [5.41, 5.74) is 2.08. The van der Waals surface area contributed by atoms with Gasteiger partial charge in [-0.25, -0.2) is 4.79 Å². The van der Waals surface area contributed by atoms with E-state index in [0.717, 1.165) is 5.56 Å². The van der Waals surface area contributed by atoms with Crippen LogP contribution in [0.25, 0.3) is 0 Å². The predicted molar refractivity (Wildman–Crippen MR) is 106 cm³/mol. The van der Waals surface area contributed by atoms with Crippen LogP contribution < -0.4 is 10.1 Å². The Kier molecular flexibility index (Phi) is 4.99. The lowest BCUT2D eigenvalue weighted by atomic mass is 9.77. The average Bonchev–Trinajstić information content (AvgIpc) is 2.76. The van der Waals surface area contributed by atoms with E-state index in [0.29, 0.717) is 17.7 Å². The largest absolute Gasteiger partial charge is 0.496 e. The van der Waals surface area contributed by atoms with Crippen LogP contribution >= 0.6 is 0 Å². The van der Waals surface area contributed by atoms with Crippen LogP contribution in [-0.2, 0) is 11.3 Å². The van der Waals surface area contributed by atoms with Crippen LogP contribution in [0.3, 0.4) is 0 Å². The molecule has 1 unspecified atom stereocenters. The van der Waals surface area contributed by atoms with E-state index >= 15 is 0 Å². The molecule has 4 rings (SSSR count). The van der Waals surface area contributed by atoms with Crippen LogP contribution in [0.4, 0.5) is 4.79 Å². The van der Waals surface area contributed by atoms with Gasteiger partial charge in [-0.15, -0.1) is 0 Å². The van der Waals surface area contributed by atoms with Gasteiger partial charge in [-0.05, 0) is 18.1 Å². The Balaban J connectivity index is 1.56. The molecule has 1 N–H and O–H groups in total. The smallest absolute Gasteiger partial charge is 0.408 e. The first-order chi connectivity index (χ1) is 14.1. The first-order valence-corrected chi connectivity index (χ1v) is 9.23. The van der Waals surface area contributed by atoms with E-state index in [1.54, 1.807) is 30.4 Å². The van der Waals surface area contributed by atoms with E-state index in [1.807, 2.05) is 30.3 Å². The third-order valence-electron chi connectivity index (χ3n) is 5.01. The van der Waals surface area contributed by atoms with Crippen molar-refractivity contribution in [1.29, 1.82) is 0 Å². The second-order valence-corrected chi connectivity index (χ2v) is 6.75. The molecule has 6 heteroatoms. The second-order valence-electron chi connectivity index (χ2n) is 6.75. The van der Waals surface area contributed by atoms with Gasteiger partial charge in [0.25, 0.3) is 0 Å². The number of rotatable bonds is 4. The predicted octanol–water partition coefficient (Wildman–Crippen LogP) is 3.63. The van der Waals surface area contributed by atoms with Crippen molar-refractivity contribution >= 4 is 17.7 Å². The van der Waals surface area contributed by atoms with Crippen LogP contribution in [0.1, 0.15) is 32.7 Å². The number of carbonyl (C=O) groups excluding carboxylic acids is 3. The highest BCUT2D eigenvalue weighted by molar-refractivity contribution is 6.28. The molecule has 1 atom stereocenters. The first kappa shape index (κ1) is 18.7. The average molecular weight is 389 g/mol. The van der Waals surface area contributed by atoms with Gasteiger partial charge in [0, 0.05) is 16.7 Å². The number of ether oxygens (including phenoxy) is 2. The lowest BCUT2D eigenvalue weighted by molar-refractivity contribution is 0.0962. The normalized spacial score (nSPS) is 17.5. The highest BCUT2D eigenvalue weighted by Crippen LogP contribution is 2.36. The number of alkyl carbamates (subject to hydrolysis) is 1. The minimum absolute atomic E-state index is 0.113. The SMILES string of the molecule is COc1cccc2c1C(=O)C1=C(C2=O)C(NC(=O)OCc2ccccc2)C=CC1. The Morgan fingerprint density at radius 3 is 2.62 bits per heavy atom. The number of amides is 1. The van der Waals surface area contributed by atoms with Crippen molar-refractivity contribution < 1.29 is 23.9 Å². The minimum atomic E-state index is -0.724. The maximum atomic E-state index is 13.1. The summed E-state index contributed by atoms with van der Waals surface area (Å²) in [6.45, 7) is 0.113. The molecule has 0 aliphatic heterocycles. The number of ketones is 2. The monoisotopic (exact) mass is 389 g/mol. The molecule has 29 heavy (non-hydrogen) atoms. The third-order valence-corrected chi connectivity index (χ3v) is 5.01. The van der Waals surface area contributed by atoms with E-state index in [2.05, 4.69) is 5.32 Å². The van der Waals surface area contributed by atoms with Gasteiger partial charge in [-0.1, -0.05) is 54.6 Å². The molecule has 0 radical (unpaired) electrons. The van der Waals surface area contributed by atoms with Crippen molar-refractivity contribution in [3.05, 3.63) is 88.5 Å². The molecule has 2 aromatic rings. The fraction of sp³-hybridized carbons (Fsp3) is 0.174. The molecule has 0 saturated carbocycles. The zero-order valence-corrected chi connectivity index (χ0v) is 15.8. The molecule has 0 aromatic heterocycles. The number of Topliss-reactive ketones (excluding diaryl/α,β-unsaturated/α-hetero) is 2. The van der Waals surface area contributed by atoms with Crippen molar-refractivity contribution in [3.63, 3.8) is 0 Å². The fourth-order valence-corrected chi connectivity index (χ4v) is 3.64. The van der Waals surface area contributed by atoms with Gasteiger partial charge in [0.05, 0.1) is 18.7 Å². The number of nitrogens with one attached hydrogen (secondary N) is 1. The third kappa shape index (κ3) is 3.45. The van der Waals surface area contributed by atoms with Crippen LogP contribution in [0.2, 0.25) is 0 Å². The maximum Gasteiger partial charge on any atom is 0.408 e. The summed E-state index contributed by atoms with van der Waals surface area (Å²) < 4.78 is 10.5. The number of hydrogen-bond donors (Lipinski definition) is 1. The summed E-state index contributed by atoms with van der Waals surface area (Å²) in [7, 11) is 1.46. The summed E-state index contributed by atoms with van der Waals surface area (Å²) in [5, 5.41) is 2.69. The van der Waals surface area contributed by atoms with E-state index in [4.69, 9.17) is 9.47 Å². The van der Waals surface area contributed by atoms with Gasteiger partial charge in [0.15, 0.2) is 11.6 Å². The number of allylic oxidation sites excluding steroid dienone is 2. The van der Waals surface area contributed by atoms with Crippen molar-refractivity contribution in [2.45, 2.75) is 19.1 Å². The van der Waals surface area contributed by atoms with Crippen molar-refractivity contribution in [2.24, 2.45) is 0 Å². The Bertz CT molecular complexity index is 1050. The number of benzene rings is 2. The number of carbonyl (C=O) groups is 3. The lowest BCUT2D eigenvalue weighted by Crippen LogP contribution is -2.41. The van der Waals surface area contributed by atoms with Gasteiger partial charge in [-0.3, -0.25) is 9.59 Å². The van der Waals surface area contributed by atoms with Crippen LogP contribution in [0, 0.1) is 0 Å². The summed E-state index contributed by atoms with van der Waals surface area (Å²) in [5.74, 6) is -0.166. The quantitative estimate of drug-likeness (QED) is 0.808. The summed E-state index contributed by atoms with van der Waals surface area (Å²) in [4.78, 5) is 38.5. The van der Waals surface area contributed by atoms with Gasteiger partial charge in [0.2, 0.25) is 0 Å². The minimum Gasteiger partial charge on any atom is -0.496 e. The van der Waals surface area contributed by atoms with E-state index < -0.39 is 12.1 Å². The molecule has 0 spiro atoms. The fourth-order valence-electron chi connectivity index (χ4n) is 3.64. The van der Waals surface area contributed by atoms with Crippen LogP contribution in [0.5, 0.6) is 5.75 Å². The van der Waals surface area contributed by atoms with Gasteiger partial charge >= 0.3 is 6.09 Å². The molecule has 1 amide bonds. The standard InChI is InChI=1S/C23H19NO5/c1-28-18-12-6-10-16-20(18)22(26)15-9-5-11-17(19(15)21(16)25)24-23(27)29-13-14-7-3-2-4-8-14/h2-8,10-12,17H,9,13H2,1H3,(H,24,27). The number of methoxy groups -OCH3 is 1. The van der Waals surface area contributed by atoms with Crippen LogP contribution in [0.15, 0.2) is 71.8 Å². The van der Waals surface area contributed by atoms with Crippen molar-refractivity contribution in [1.82, 2.24) is 5.32 Å². The van der Waals surface area contributed by atoms with Crippen LogP contribution in [-0.4, -0.2) is 30.8 Å². The molecular weight excluding hydrogens is 370 g/mol. The molecule has 2 aromatic carbocycles. The Morgan fingerprint density at radius 1 is 1.07 bits per heavy atom. The second kappa shape index (κ2) is 7.75. The lowest BCUT2D eigenvalue weighted by Gasteiger charge is -2.28. The first-order valence-electron chi connectivity index (χ1n) is 9.23. The summed E-state index contributed by atoms with van der Waals surface area (Å²) >= 11 is 0. The van der Waals surface area contributed by atoms with Crippen molar-refractivity contribution in [2.75, 3.05) is 7.11 Å². The number of hydrogen-bond acceptors (Lipinski definition) is 5. The van der Waals surface area contributed by atoms with E-state index in [9.17, 15) is 14.4 Å². The highest BCUT2D eigenvalue weighted by atomic mass is 16.5. The molecule has 2 aliphatic rings. The molecule has 0 heterocycles. The highest BCUT2D eigenvalue weighted by Gasteiger charge is 2.38. The molecular formula is C23H19NO5. The molecule has 0 saturated heterocycles. The maximum absolute atomic E-state index is 13.1. The zero-order valence-electron chi connectivity index (χ0n) is 15.8. The molecule has 0 bridgehead atoms. The molecule has 146 valence electrons. The topological polar surface area (TPSA) is 81.7 Å². The summed E-state index contributed by atoms with van der Waals surface area (Å²) in [6, 6.07) is 13.5. The zero-order chi connectivity index (χ0) is 20.4. The van der Waals surface area contributed by atoms with Gasteiger partial charge in [-0.2, -0.15) is 0 Å². The number of fused-ring (bicyclic) bond motifs is 1. The van der Waals surface area contributed by atoms with Gasteiger partial charge in [0.1, 0.15) is 12.4 Å². The molecule has 2 aliphatic carbocycles. The summed E-state index contributed by atoms with van der Waals surface area (Å²) in [6.07, 6.45) is 3.15. The Hall–Kier alpha value is -3.67. The van der Waals surface area contributed by atoms with Gasteiger partial charge < -0.3 is 14.8 Å². The molecule has 0 fully saturated rings. The Morgan fingerprint density at radius 2 is 1.86 bits per heavy atom. The van der Waals surface area contributed by atoms with E-state index in [1.165, 1.54) is 7.11 Å². The van der Waals surface area contributed by atoms with E-state index in [-0.39, 0.29) is 34.9 Å². The Labute approximate surface area is 167 Å². The van der Waals surface area contributed by atoms with Crippen molar-refractivity contribution in [3.8, 4) is 5.75 Å².